The molecule has 2 amide bonds. The van der Waals surface area contributed by atoms with E-state index in [2.05, 4.69) is 5.32 Å². The summed E-state index contributed by atoms with van der Waals surface area (Å²) >= 11 is 0. The molecule has 1 aromatic carbocycles. The van der Waals surface area contributed by atoms with Gasteiger partial charge in [0.15, 0.2) is 6.10 Å². The Morgan fingerprint density at radius 3 is 2.43 bits per heavy atom. The summed E-state index contributed by atoms with van der Waals surface area (Å²) in [7, 11) is 0. The number of hydrogen-bond acceptors (Lipinski definition) is 5. The third kappa shape index (κ3) is 5.21. The van der Waals surface area contributed by atoms with Crippen LogP contribution < -0.4 is 22.5 Å². The Bertz CT molecular complexity index is 758. The Labute approximate surface area is 166 Å². The summed E-state index contributed by atoms with van der Waals surface area (Å²) in [5.74, 6) is -0.479. The van der Waals surface area contributed by atoms with Gasteiger partial charge in [0, 0.05) is 5.41 Å². The summed E-state index contributed by atoms with van der Waals surface area (Å²) in [6.07, 6.45) is 5.37. The highest BCUT2D eigenvalue weighted by atomic mass is 16.6. The van der Waals surface area contributed by atoms with Gasteiger partial charge in [0.1, 0.15) is 5.66 Å². The SMILES string of the molecule is CC1(C)C=C(c2ccccc2)C=CC1(N)NC(=O)C(CCCCN)OC(N)=O. The molecule has 0 saturated carbocycles. The molecule has 0 aliphatic heterocycles. The van der Waals surface area contributed by atoms with Crippen molar-refractivity contribution in [1.82, 2.24) is 5.32 Å². The average molecular weight is 386 g/mol. The molecule has 2 atom stereocenters. The number of ether oxygens (including phenoxy) is 1. The van der Waals surface area contributed by atoms with E-state index in [1.165, 1.54) is 0 Å². The lowest BCUT2D eigenvalue weighted by Crippen LogP contribution is -2.65. The Morgan fingerprint density at radius 2 is 1.86 bits per heavy atom. The van der Waals surface area contributed by atoms with Crippen LogP contribution in [0.1, 0.15) is 38.7 Å². The number of carbonyl (C=O) groups is 2. The number of amides is 2. The molecule has 0 heterocycles. The van der Waals surface area contributed by atoms with Gasteiger partial charge in [-0.1, -0.05) is 56.3 Å². The first-order valence-corrected chi connectivity index (χ1v) is 9.43. The lowest BCUT2D eigenvalue weighted by atomic mass is 9.73. The maximum Gasteiger partial charge on any atom is 0.405 e. The van der Waals surface area contributed by atoms with E-state index in [1.807, 2.05) is 56.3 Å². The maximum absolute atomic E-state index is 12.8. The van der Waals surface area contributed by atoms with Gasteiger partial charge in [-0.15, -0.1) is 0 Å². The Balaban J connectivity index is 2.17. The smallest absolute Gasteiger partial charge is 0.405 e. The third-order valence-corrected chi connectivity index (χ3v) is 5.02. The highest BCUT2D eigenvalue weighted by molar-refractivity contribution is 5.85. The lowest BCUT2D eigenvalue weighted by Gasteiger charge is -2.43. The minimum absolute atomic E-state index is 0.331. The fraction of sp³-hybridized carbons (Fsp3) is 0.429. The fourth-order valence-corrected chi connectivity index (χ4v) is 3.15. The number of allylic oxidation sites excluding steroid dienone is 2. The normalized spacial score (nSPS) is 21.5. The van der Waals surface area contributed by atoms with E-state index < -0.39 is 29.2 Å². The van der Waals surface area contributed by atoms with Gasteiger partial charge in [-0.2, -0.15) is 0 Å². The Hall–Kier alpha value is -2.64. The summed E-state index contributed by atoms with van der Waals surface area (Å²) in [6.45, 7) is 4.38. The van der Waals surface area contributed by atoms with Crippen LogP contribution in [0.3, 0.4) is 0 Å². The van der Waals surface area contributed by atoms with Crippen LogP contribution >= 0.6 is 0 Å². The van der Waals surface area contributed by atoms with Gasteiger partial charge in [-0.25, -0.2) is 4.79 Å². The van der Waals surface area contributed by atoms with Crippen LogP contribution in [0.2, 0.25) is 0 Å². The molecule has 2 unspecified atom stereocenters. The van der Waals surface area contributed by atoms with Crippen molar-refractivity contribution in [2.75, 3.05) is 6.54 Å². The van der Waals surface area contributed by atoms with Crippen LogP contribution in [0, 0.1) is 5.41 Å². The zero-order valence-electron chi connectivity index (χ0n) is 16.5. The molecule has 7 nitrogen and oxygen atoms in total. The minimum atomic E-state index is -1.14. The van der Waals surface area contributed by atoms with Gasteiger partial charge in [-0.05, 0) is 43.0 Å². The van der Waals surface area contributed by atoms with Gasteiger partial charge in [0.05, 0.1) is 0 Å². The van der Waals surface area contributed by atoms with Gasteiger partial charge >= 0.3 is 6.09 Å². The number of nitrogens with one attached hydrogen (secondary N) is 1. The van der Waals surface area contributed by atoms with Crippen LogP contribution in [-0.4, -0.2) is 30.3 Å². The van der Waals surface area contributed by atoms with Crippen LogP contribution in [-0.2, 0) is 9.53 Å². The molecule has 28 heavy (non-hydrogen) atoms. The molecule has 0 aromatic heterocycles. The first-order chi connectivity index (χ1) is 13.2. The van der Waals surface area contributed by atoms with E-state index in [-0.39, 0.29) is 0 Å². The number of benzene rings is 1. The summed E-state index contributed by atoms with van der Waals surface area (Å²) in [6, 6.07) is 9.93. The van der Waals surface area contributed by atoms with Gasteiger partial charge < -0.3 is 27.3 Å². The van der Waals surface area contributed by atoms with E-state index in [0.717, 1.165) is 11.1 Å². The summed E-state index contributed by atoms with van der Waals surface area (Å²) in [4.78, 5) is 24.0. The molecule has 7 N–H and O–H groups in total. The second kappa shape index (κ2) is 9.03. The molecule has 0 bridgehead atoms. The number of primary amides is 1. The molecule has 1 aromatic rings. The largest absolute Gasteiger partial charge is 0.436 e. The number of nitrogens with two attached hydrogens (primary N) is 3. The fourth-order valence-electron chi connectivity index (χ4n) is 3.15. The molecular weight excluding hydrogens is 356 g/mol. The molecule has 0 saturated heterocycles. The zero-order valence-corrected chi connectivity index (χ0v) is 16.5. The van der Waals surface area contributed by atoms with Crippen LogP contribution in [0.25, 0.3) is 5.57 Å². The van der Waals surface area contributed by atoms with Crippen LogP contribution in [0.15, 0.2) is 48.6 Å². The quantitative estimate of drug-likeness (QED) is 0.401. The van der Waals surface area contributed by atoms with Crippen molar-refractivity contribution in [3.05, 3.63) is 54.1 Å². The topological polar surface area (TPSA) is 133 Å². The number of hydrogen-bond donors (Lipinski definition) is 4. The highest BCUT2D eigenvalue weighted by Gasteiger charge is 2.43. The molecule has 1 aliphatic rings. The summed E-state index contributed by atoms with van der Waals surface area (Å²) < 4.78 is 4.99. The molecule has 152 valence electrons. The molecule has 0 radical (unpaired) electrons. The average Bonchev–Trinajstić information content (AvgIpc) is 2.64. The van der Waals surface area contributed by atoms with Crippen molar-refractivity contribution >= 4 is 17.6 Å². The summed E-state index contributed by atoms with van der Waals surface area (Å²) in [5, 5.41) is 2.83. The second-order valence-corrected chi connectivity index (χ2v) is 7.59. The Kier molecular flexibility index (Phi) is 6.99. The minimum Gasteiger partial charge on any atom is -0.436 e. The lowest BCUT2D eigenvalue weighted by molar-refractivity contribution is -0.132. The number of rotatable bonds is 8. The highest BCUT2D eigenvalue weighted by Crippen LogP contribution is 2.38. The predicted molar refractivity (Wildman–Crippen MR) is 110 cm³/mol. The van der Waals surface area contributed by atoms with E-state index in [1.54, 1.807) is 6.08 Å². The Morgan fingerprint density at radius 1 is 1.18 bits per heavy atom. The number of carbonyl (C=O) groups excluding carboxylic acids is 2. The molecule has 1 aliphatic carbocycles. The van der Waals surface area contributed by atoms with Gasteiger partial charge in [0.2, 0.25) is 0 Å². The van der Waals surface area contributed by atoms with Crippen molar-refractivity contribution in [3.63, 3.8) is 0 Å². The van der Waals surface area contributed by atoms with E-state index in [0.29, 0.717) is 25.8 Å². The number of unbranched alkanes of at least 4 members (excludes halogenated alkanes) is 1. The van der Waals surface area contributed by atoms with Crippen molar-refractivity contribution < 1.29 is 14.3 Å². The van der Waals surface area contributed by atoms with Crippen molar-refractivity contribution in [3.8, 4) is 0 Å². The summed E-state index contributed by atoms with van der Waals surface area (Å²) in [5.41, 5.74) is 17.5. The van der Waals surface area contributed by atoms with Gasteiger partial charge in [-0.3, -0.25) is 4.79 Å². The zero-order chi connectivity index (χ0) is 20.8. The van der Waals surface area contributed by atoms with E-state index in [4.69, 9.17) is 21.9 Å². The van der Waals surface area contributed by atoms with Crippen LogP contribution in [0.5, 0.6) is 0 Å². The first kappa shape index (κ1) is 21.7. The monoisotopic (exact) mass is 386 g/mol. The van der Waals surface area contributed by atoms with Crippen LogP contribution in [0.4, 0.5) is 4.79 Å². The second-order valence-electron chi connectivity index (χ2n) is 7.59. The van der Waals surface area contributed by atoms with Crippen molar-refractivity contribution in [2.24, 2.45) is 22.6 Å². The molecular formula is C21H30N4O3. The van der Waals surface area contributed by atoms with E-state index in [9.17, 15) is 9.59 Å². The first-order valence-electron chi connectivity index (χ1n) is 9.43. The predicted octanol–water partition coefficient (Wildman–Crippen LogP) is 2.03. The van der Waals surface area contributed by atoms with E-state index >= 15 is 0 Å². The third-order valence-electron chi connectivity index (χ3n) is 5.02. The van der Waals surface area contributed by atoms with Gasteiger partial charge in [0.25, 0.3) is 5.91 Å². The maximum atomic E-state index is 12.8. The molecule has 0 spiro atoms. The molecule has 2 rings (SSSR count). The van der Waals surface area contributed by atoms with Crippen molar-refractivity contribution in [2.45, 2.75) is 44.9 Å². The standard InChI is InChI=1S/C21H30N4O3/c1-20(2)14-16(15-8-4-3-5-9-15)11-12-21(20,24)25-18(26)17(28-19(23)27)10-6-7-13-22/h3-5,8-9,11-12,14,17H,6-7,10,13,22,24H2,1-2H3,(H2,23,27)(H,25,26). The molecule has 0 fully saturated rings. The van der Waals surface area contributed by atoms with Crippen molar-refractivity contribution in [1.29, 1.82) is 0 Å². The molecule has 7 heteroatoms.